The van der Waals surface area contributed by atoms with Crippen LogP contribution in [0.15, 0.2) is 77.7 Å². The second-order valence-corrected chi connectivity index (χ2v) is 8.48. The standard InChI is InChI=1S/C22H21FN2O4S/c1-25(19-10-8-18(23)9-11-19)30(27,28)21-5-3-4-17(14-21)22(26)24-15-16-6-12-20(29-2)13-7-16/h3-14H,15H2,1-2H3,(H,24,26). The molecule has 1 N–H and O–H groups in total. The van der Waals surface area contributed by atoms with Gasteiger partial charge >= 0.3 is 0 Å². The van der Waals surface area contributed by atoms with Gasteiger partial charge in [0, 0.05) is 19.2 Å². The molecule has 0 unspecified atom stereocenters. The molecule has 0 fully saturated rings. The number of carbonyl (C=O) groups excluding carboxylic acids is 1. The molecule has 6 nitrogen and oxygen atoms in total. The number of nitrogens with zero attached hydrogens (tertiary/aromatic N) is 1. The molecule has 3 aromatic carbocycles. The lowest BCUT2D eigenvalue weighted by atomic mass is 10.2. The van der Waals surface area contributed by atoms with Crippen molar-refractivity contribution in [3.05, 3.63) is 89.7 Å². The van der Waals surface area contributed by atoms with Crippen LogP contribution in [0.2, 0.25) is 0 Å². The number of sulfonamides is 1. The molecule has 0 aliphatic heterocycles. The fourth-order valence-corrected chi connectivity index (χ4v) is 4.02. The van der Waals surface area contributed by atoms with Crippen molar-refractivity contribution >= 4 is 21.6 Å². The number of anilines is 1. The van der Waals surface area contributed by atoms with Crippen LogP contribution in [0.25, 0.3) is 0 Å². The zero-order chi connectivity index (χ0) is 21.7. The first-order chi connectivity index (χ1) is 14.3. The number of amides is 1. The summed E-state index contributed by atoms with van der Waals surface area (Å²) >= 11 is 0. The van der Waals surface area contributed by atoms with Crippen LogP contribution in [0.1, 0.15) is 15.9 Å². The van der Waals surface area contributed by atoms with E-state index in [-0.39, 0.29) is 17.0 Å². The zero-order valence-corrected chi connectivity index (χ0v) is 17.3. The van der Waals surface area contributed by atoms with Gasteiger partial charge in [-0.1, -0.05) is 18.2 Å². The minimum Gasteiger partial charge on any atom is -0.497 e. The molecule has 0 saturated heterocycles. The van der Waals surface area contributed by atoms with Gasteiger partial charge in [-0.05, 0) is 60.2 Å². The molecule has 8 heteroatoms. The summed E-state index contributed by atoms with van der Waals surface area (Å²) in [6, 6.07) is 18.1. The van der Waals surface area contributed by atoms with Crippen molar-refractivity contribution in [1.82, 2.24) is 5.32 Å². The number of rotatable bonds is 7. The third kappa shape index (κ3) is 4.77. The summed E-state index contributed by atoms with van der Waals surface area (Å²) in [5.74, 6) is -0.138. The number of benzene rings is 3. The highest BCUT2D eigenvalue weighted by Gasteiger charge is 2.22. The Morgan fingerprint density at radius 2 is 1.70 bits per heavy atom. The lowest BCUT2D eigenvalue weighted by Gasteiger charge is -2.19. The fraction of sp³-hybridized carbons (Fsp3) is 0.136. The summed E-state index contributed by atoms with van der Waals surface area (Å²) < 4.78 is 45.1. The molecule has 0 atom stereocenters. The normalized spacial score (nSPS) is 11.0. The van der Waals surface area contributed by atoms with Crippen LogP contribution in [-0.4, -0.2) is 28.5 Å². The number of hydrogen-bond donors (Lipinski definition) is 1. The van der Waals surface area contributed by atoms with Gasteiger partial charge in [0.15, 0.2) is 0 Å². The summed E-state index contributed by atoms with van der Waals surface area (Å²) in [5, 5.41) is 2.77. The molecule has 156 valence electrons. The molecule has 1 amide bonds. The SMILES string of the molecule is COc1ccc(CNC(=O)c2cccc(S(=O)(=O)N(C)c3ccc(F)cc3)c2)cc1. The van der Waals surface area contributed by atoms with E-state index in [4.69, 9.17) is 4.74 Å². The van der Waals surface area contributed by atoms with Crippen LogP contribution >= 0.6 is 0 Å². The highest BCUT2D eigenvalue weighted by Crippen LogP contribution is 2.23. The molecule has 0 spiro atoms. The molecule has 0 aliphatic carbocycles. The van der Waals surface area contributed by atoms with Gasteiger partial charge in [0.2, 0.25) is 0 Å². The largest absolute Gasteiger partial charge is 0.497 e. The number of halogens is 1. The maximum absolute atomic E-state index is 13.1. The Bertz CT molecular complexity index is 1130. The van der Waals surface area contributed by atoms with Crippen molar-refractivity contribution in [2.24, 2.45) is 0 Å². The smallest absolute Gasteiger partial charge is 0.264 e. The quantitative estimate of drug-likeness (QED) is 0.624. The second-order valence-electron chi connectivity index (χ2n) is 6.51. The van der Waals surface area contributed by atoms with Gasteiger partial charge in [0.05, 0.1) is 17.7 Å². The van der Waals surface area contributed by atoms with Gasteiger partial charge in [-0.25, -0.2) is 12.8 Å². The van der Waals surface area contributed by atoms with Gasteiger partial charge in [-0.3, -0.25) is 9.10 Å². The minimum absolute atomic E-state index is 0.0357. The summed E-state index contributed by atoms with van der Waals surface area (Å²) in [5.41, 5.74) is 1.41. The van der Waals surface area contributed by atoms with E-state index >= 15 is 0 Å². The average Bonchev–Trinajstić information content (AvgIpc) is 2.78. The molecular formula is C22H21FN2O4S. The monoisotopic (exact) mass is 428 g/mol. The summed E-state index contributed by atoms with van der Waals surface area (Å²) in [4.78, 5) is 12.5. The third-order valence-electron chi connectivity index (χ3n) is 4.56. The third-order valence-corrected chi connectivity index (χ3v) is 6.34. The van der Waals surface area contributed by atoms with Crippen LogP contribution in [0.4, 0.5) is 10.1 Å². The van der Waals surface area contributed by atoms with Gasteiger partial charge in [-0.15, -0.1) is 0 Å². The Balaban J connectivity index is 1.75. The Morgan fingerprint density at radius 3 is 2.33 bits per heavy atom. The molecule has 0 heterocycles. The van der Waals surface area contributed by atoms with Gasteiger partial charge in [0.1, 0.15) is 11.6 Å². The van der Waals surface area contributed by atoms with Gasteiger partial charge in [-0.2, -0.15) is 0 Å². The molecule has 0 aliphatic rings. The average molecular weight is 428 g/mol. The molecule has 0 radical (unpaired) electrons. The van der Waals surface area contributed by atoms with E-state index in [1.54, 1.807) is 25.3 Å². The molecule has 3 rings (SSSR count). The second kappa shape index (κ2) is 8.96. The highest BCUT2D eigenvalue weighted by molar-refractivity contribution is 7.92. The van der Waals surface area contributed by atoms with Crippen molar-refractivity contribution in [1.29, 1.82) is 0 Å². The van der Waals surface area contributed by atoms with E-state index in [0.717, 1.165) is 9.87 Å². The van der Waals surface area contributed by atoms with E-state index in [9.17, 15) is 17.6 Å². The Kier molecular flexibility index (Phi) is 6.37. The zero-order valence-electron chi connectivity index (χ0n) is 16.5. The van der Waals surface area contributed by atoms with Crippen molar-refractivity contribution in [2.45, 2.75) is 11.4 Å². The Morgan fingerprint density at radius 1 is 1.03 bits per heavy atom. The van der Waals surface area contributed by atoms with E-state index in [1.807, 2.05) is 12.1 Å². The number of nitrogens with one attached hydrogen (secondary N) is 1. The van der Waals surface area contributed by atoms with Crippen molar-refractivity contribution in [2.75, 3.05) is 18.5 Å². The van der Waals surface area contributed by atoms with Crippen LogP contribution < -0.4 is 14.4 Å². The number of carbonyl (C=O) groups is 1. The molecule has 0 saturated carbocycles. The topological polar surface area (TPSA) is 75.7 Å². The first kappa shape index (κ1) is 21.3. The first-order valence-electron chi connectivity index (χ1n) is 9.07. The van der Waals surface area contributed by atoms with Gasteiger partial charge in [0.25, 0.3) is 15.9 Å². The van der Waals surface area contributed by atoms with Crippen molar-refractivity contribution in [3.63, 3.8) is 0 Å². The van der Waals surface area contributed by atoms with E-state index < -0.39 is 21.7 Å². The predicted molar refractivity (Wildman–Crippen MR) is 113 cm³/mol. The lowest BCUT2D eigenvalue weighted by molar-refractivity contribution is 0.0950. The van der Waals surface area contributed by atoms with Crippen LogP contribution in [0, 0.1) is 5.82 Å². The molecule has 3 aromatic rings. The molecule has 30 heavy (non-hydrogen) atoms. The molecule has 0 aromatic heterocycles. The maximum Gasteiger partial charge on any atom is 0.264 e. The maximum atomic E-state index is 13.1. The van der Waals surface area contributed by atoms with E-state index in [0.29, 0.717) is 11.4 Å². The van der Waals surface area contributed by atoms with Crippen molar-refractivity contribution < 1.29 is 22.3 Å². The molecule has 0 bridgehead atoms. The van der Waals surface area contributed by atoms with Gasteiger partial charge < -0.3 is 10.1 Å². The first-order valence-corrected chi connectivity index (χ1v) is 10.5. The van der Waals surface area contributed by atoms with E-state index in [2.05, 4.69) is 5.32 Å². The number of ether oxygens (including phenoxy) is 1. The van der Waals surface area contributed by atoms with Crippen LogP contribution in [-0.2, 0) is 16.6 Å². The summed E-state index contributed by atoms with van der Waals surface area (Å²) in [7, 11) is -0.970. The predicted octanol–water partition coefficient (Wildman–Crippen LogP) is 3.59. The van der Waals surface area contributed by atoms with Crippen molar-refractivity contribution in [3.8, 4) is 5.75 Å². The van der Waals surface area contributed by atoms with Crippen LogP contribution in [0.5, 0.6) is 5.75 Å². The highest BCUT2D eigenvalue weighted by atomic mass is 32.2. The molecular weight excluding hydrogens is 407 g/mol. The lowest BCUT2D eigenvalue weighted by Crippen LogP contribution is -2.27. The summed E-state index contributed by atoms with van der Waals surface area (Å²) in [6.07, 6.45) is 0. The summed E-state index contributed by atoms with van der Waals surface area (Å²) in [6.45, 7) is 0.287. The van der Waals surface area contributed by atoms with Crippen LogP contribution in [0.3, 0.4) is 0 Å². The Labute approximate surface area is 175 Å². The minimum atomic E-state index is -3.92. The Hall–Kier alpha value is -3.39. The number of hydrogen-bond acceptors (Lipinski definition) is 4. The number of methoxy groups -OCH3 is 1. The fourth-order valence-electron chi connectivity index (χ4n) is 2.77. The van der Waals surface area contributed by atoms with E-state index in [1.165, 1.54) is 49.5 Å².